The Kier molecular flexibility index (Phi) is 4.46. The van der Waals surface area contributed by atoms with Crippen molar-refractivity contribution >= 4 is 23.0 Å². The topological polar surface area (TPSA) is 58.4 Å². The molecule has 3 N–H and O–H groups in total. The lowest BCUT2D eigenvalue weighted by Crippen LogP contribution is -2.30. The van der Waals surface area contributed by atoms with Gasteiger partial charge in [-0.3, -0.25) is 4.79 Å². The van der Waals surface area contributed by atoms with Gasteiger partial charge in [-0.25, -0.2) is 4.39 Å². The summed E-state index contributed by atoms with van der Waals surface area (Å²) >= 11 is 0. The number of nitrogens with one attached hydrogen (secondary N) is 1. The Bertz CT molecular complexity index is 711. The number of nitrogens with zero attached hydrogens (tertiary/aromatic N) is 1. The van der Waals surface area contributed by atoms with Crippen LogP contribution in [0.25, 0.3) is 0 Å². The van der Waals surface area contributed by atoms with Gasteiger partial charge in [-0.2, -0.15) is 0 Å². The molecule has 1 aliphatic heterocycles. The van der Waals surface area contributed by atoms with Crippen LogP contribution in [0.5, 0.6) is 0 Å². The Labute approximate surface area is 135 Å². The number of anilines is 3. The number of rotatable bonds is 3. The van der Waals surface area contributed by atoms with Gasteiger partial charge >= 0.3 is 0 Å². The molecule has 1 aliphatic rings. The minimum atomic E-state index is -0.433. The van der Waals surface area contributed by atoms with E-state index < -0.39 is 5.82 Å². The number of piperidine rings is 1. The molecule has 3 rings (SSSR count). The lowest BCUT2D eigenvalue weighted by atomic mass is 10.1. The van der Waals surface area contributed by atoms with Crippen LogP contribution in [0, 0.1) is 5.82 Å². The molecule has 0 aliphatic carbocycles. The van der Waals surface area contributed by atoms with Crippen LogP contribution in [0.3, 0.4) is 0 Å². The second-order valence-electron chi connectivity index (χ2n) is 5.79. The van der Waals surface area contributed by atoms with Crippen LogP contribution in [-0.2, 0) is 0 Å². The first-order chi connectivity index (χ1) is 11.1. The summed E-state index contributed by atoms with van der Waals surface area (Å²) in [7, 11) is 0. The molecule has 2 aromatic rings. The van der Waals surface area contributed by atoms with Gasteiger partial charge in [0.2, 0.25) is 0 Å². The third kappa shape index (κ3) is 3.62. The van der Waals surface area contributed by atoms with Crippen LogP contribution >= 0.6 is 0 Å². The van der Waals surface area contributed by atoms with Gasteiger partial charge in [0.05, 0.1) is 11.4 Å². The van der Waals surface area contributed by atoms with E-state index in [2.05, 4.69) is 10.2 Å². The van der Waals surface area contributed by atoms with Gasteiger partial charge in [-0.15, -0.1) is 0 Å². The van der Waals surface area contributed by atoms with Crippen LogP contribution in [0.4, 0.5) is 21.5 Å². The first-order valence-electron chi connectivity index (χ1n) is 7.85. The van der Waals surface area contributed by atoms with E-state index in [-0.39, 0.29) is 11.5 Å². The Morgan fingerprint density at radius 3 is 2.57 bits per heavy atom. The number of halogens is 1. The number of nitrogen functional groups attached to an aromatic ring is 1. The van der Waals surface area contributed by atoms with Crippen molar-refractivity contribution in [3.8, 4) is 0 Å². The number of hydrogen-bond acceptors (Lipinski definition) is 3. The van der Waals surface area contributed by atoms with Gasteiger partial charge in [-0.05, 0) is 55.7 Å². The second-order valence-corrected chi connectivity index (χ2v) is 5.79. The first-order valence-corrected chi connectivity index (χ1v) is 7.85. The van der Waals surface area contributed by atoms with Gasteiger partial charge in [-0.1, -0.05) is 6.07 Å². The smallest absolute Gasteiger partial charge is 0.255 e. The predicted molar refractivity (Wildman–Crippen MR) is 91.3 cm³/mol. The van der Waals surface area contributed by atoms with Gasteiger partial charge in [0, 0.05) is 24.3 Å². The maximum atomic E-state index is 13.2. The first kappa shape index (κ1) is 15.3. The highest BCUT2D eigenvalue weighted by Crippen LogP contribution is 2.29. The van der Waals surface area contributed by atoms with E-state index in [9.17, 15) is 9.18 Å². The zero-order chi connectivity index (χ0) is 16.2. The average molecular weight is 313 g/mol. The molecule has 5 heteroatoms. The Balaban J connectivity index is 1.73. The maximum absolute atomic E-state index is 13.2. The molecular formula is C18H20FN3O. The van der Waals surface area contributed by atoms with E-state index in [1.807, 2.05) is 12.1 Å². The monoisotopic (exact) mass is 313 g/mol. The quantitative estimate of drug-likeness (QED) is 0.850. The molecule has 0 atom stereocenters. The van der Waals surface area contributed by atoms with E-state index in [1.165, 1.54) is 37.5 Å². The van der Waals surface area contributed by atoms with Crippen LogP contribution in [0.1, 0.15) is 29.6 Å². The Morgan fingerprint density at radius 2 is 1.87 bits per heavy atom. The molecule has 23 heavy (non-hydrogen) atoms. The zero-order valence-corrected chi connectivity index (χ0v) is 12.9. The lowest BCUT2D eigenvalue weighted by Gasteiger charge is -2.30. The lowest BCUT2D eigenvalue weighted by molar-refractivity contribution is 0.102. The molecule has 2 aromatic carbocycles. The van der Waals surface area contributed by atoms with Crippen LogP contribution < -0.4 is 16.0 Å². The Morgan fingerprint density at radius 1 is 1.09 bits per heavy atom. The van der Waals surface area contributed by atoms with E-state index in [0.717, 1.165) is 18.8 Å². The average Bonchev–Trinajstić information content (AvgIpc) is 2.56. The standard InChI is InChI=1S/C18H20FN3O/c19-14-6-4-5-13(11-14)18(23)21-15-7-8-17(16(20)12-15)22-9-2-1-3-10-22/h4-8,11-12H,1-3,9-10,20H2,(H,21,23). The minimum Gasteiger partial charge on any atom is -0.397 e. The number of amides is 1. The van der Waals surface area contributed by atoms with Crippen molar-refractivity contribution in [1.29, 1.82) is 0 Å². The third-order valence-corrected chi connectivity index (χ3v) is 4.07. The minimum absolute atomic E-state index is 0.281. The summed E-state index contributed by atoms with van der Waals surface area (Å²) in [6, 6.07) is 11.1. The summed E-state index contributed by atoms with van der Waals surface area (Å²) < 4.78 is 13.2. The van der Waals surface area contributed by atoms with Gasteiger partial charge < -0.3 is 16.0 Å². The summed E-state index contributed by atoms with van der Waals surface area (Å²) in [6.07, 6.45) is 3.62. The van der Waals surface area contributed by atoms with E-state index >= 15 is 0 Å². The largest absolute Gasteiger partial charge is 0.397 e. The van der Waals surface area contributed by atoms with Crippen LogP contribution in [0.15, 0.2) is 42.5 Å². The van der Waals surface area contributed by atoms with E-state index in [0.29, 0.717) is 11.4 Å². The fraction of sp³-hybridized carbons (Fsp3) is 0.278. The molecular weight excluding hydrogens is 293 g/mol. The molecule has 1 amide bonds. The molecule has 0 bridgehead atoms. The van der Waals surface area contributed by atoms with Crippen molar-refractivity contribution in [3.63, 3.8) is 0 Å². The van der Waals surface area contributed by atoms with E-state index in [4.69, 9.17) is 5.73 Å². The molecule has 120 valence electrons. The third-order valence-electron chi connectivity index (χ3n) is 4.07. The molecule has 0 radical (unpaired) electrons. The normalized spacial score (nSPS) is 14.6. The highest BCUT2D eigenvalue weighted by atomic mass is 19.1. The molecule has 1 heterocycles. The van der Waals surface area contributed by atoms with Crippen LogP contribution in [-0.4, -0.2) is 19.0 Å². The second kappa shape index (κ2) is 6.69. The molecule has 0 spiro atoms. The number of benzene rings is 2. The van der Waals surface area contributed by atoms with Gasteiger partial charge in [0.25, 0.3) is 5.91 Å². The highest BCUT2D eigenvalue weighted by molar-refractivity contribution is 6.04. The fourth-order valence-electron chi connectivity index (χ4n) is 2.89. The van der Waals surface area contributed by atoms with E-state index in [1.54, 1.807) is 12.1 Å². The molecule has 0 unspecified atom stereocenters. The molecule has 1 saturated heterocycles. The molecule has 0 aromatic heterocycles. The highest BCUT2D eigenvalue weighted by Gasteiger charge is 2.14. The summed E-state index contributed by atoms with van der Waals surface area (Å²) in [4.78, 5) is 14.4. The predicted octanol–water partition coefficient (Wildman–Crippen LogP) is 3.65. The number of carbonyl (C=O) groups is 1. The zero-order valence-electron chi connectivity index (χ0n) is 12.9. The fourth-order valence-corrected chi connectivity index (χ4v) is 2.89. The number of hydrogen-bond donors (Lipinski definition) is 2. The van der Waals surface area contributed by atoms with Crippen molar-refractivity contribution in [3.05, 3.63) is 53.8 Å². The Hall–Kier alpha value is -2.56. The summed E-state index contributed by atoms with van der Waals surface area (Å²) in [5.41, 5.74) is 8.68. The van der Waals surface area contributed by atoms with Crippen LogP contribution in [0.2, 0.25) is 0 Å². The van der Waals surface area contributed by atoms with Crippen molar-refractivity contribution in [2.45, 2.75) is 19.3 Å². The maximum Gasteiger partial charge on any atom is 0.255 e. The molecule has 4 nitrogen and oxygen atoms in total. The SMILES string of the molecule is Nc1cc(NC(=O)c2cccc(F)c2)ccc1N1CCCCC1. The van der Waals surface area contributed by atoms with Crippen molar-refractivity contribution in [1.82, 2.24) is 0 Å². The summed E-state index contributed by atoms with van der Waals surface area (Å²) in [5.74, 6) is -0.785. The summed E-state index contributed by atoms with van der Waals surface area (Å²) in [6.45, 7) is 2.03. The molecule has 0 saturated carbocycles. The van der Waals surface area contributed by atoms with Crippen molar-refractivity contribution in [2.24, 2.45) is 0 Å². The van der Waals surface area contributed by atoms with Gasteiger partial charge in [0.1, 0.15) is 5.82 Å². The van der Waals surface area contributed by atoms with Gasteiger partial charge in [0.15, 0.2) is 0 Å². The summed E-state index contributed by atoms with van der Waals surface area (Å²) in [5, 5.41) is 2.75. The number of nitrogens with two attached hydrogens (primary N) is 1. The number of carbonyl (C=O) groups excluding carboxylic acids is 1. The molecule has 1 fully saturated rings. The van der Waals surface area contributed by atoms with Crippen molar-refractivity contribution in [2.75, 3.05) is 29.0 Å². The van der Waals surface area contributed by atoms with Crippen molar-refractivity contribution < 1.29 is 9.18 Å².